The van der Waals surface area contributed by atoms with Gasteiger partial charge in [0, 0.05) is 18.2 Å². The van der Waals surface area contributed by atoms with Crippen LogP contribution in [0.15, 0.2) is 18.2 Å². The molecule has 1 atom stereocenters. The topological polar surface area (TPSA) is 92.5 Å². The number of aliphatic carboxylic acids is 1. The molecule has 0 fully saturated rings. The fourth-order valence-electron chi connectivity index (χ4n) is 1.58. The highest BCUT2D eigenvalue weighted by Gasteiger charge is 2.19. The molecule has 104 valence electrons. The van der Waals surface area contributed by atoms with Crippen LogP contribution in [0.25, 0.3) is 0 Å². The van der Waals surface area contributed by atoms with Crippen LogP contribution in [0.1, 0.15) is 20.3 Å². The van der Waals surface area contributed by atoms with E-state index in [0.29, 0.717) is 5.69 Å². The second kappa shape index (κ2) is 6.38. The zero-order chi connectivity index (χ0) is 14.6. The number of carboxylic acids is 1. The summed E-state index contributed by atoms with van der Waals surface area (Å²) in [5, 5.41) is 22.6. The number of rotatable bonds is 6. The summed E-state index contributed by atoms with van der Waals surface area (Å²) in [6.45, 7) is 3.78. The van der Waals surface area contributed by atoms with Crippen molar-refractivity contribution in [1.29, 1.82) is 0 Å². The molecule has 0 saturated carbocycles. The number of hydrogen-bond donors (Lipinski definition) is 2. The third kappa shape index (κ3) is 4.40. The lowest BCUT2D eigenvalue weighted by Crippen LogP contribution is -2.28. The fourth-order valence-corrected chi connectivity index (χ4v) is 1.81. The molecule has 1 unspecified atom stereocenters. The summed E-state index contributed by atoms with van der Waals surface area (Å²) in [5.41, 5.74) is 0.391. The largest absolute Gasteiger partial charge is 0.481 e. The maximum atomic E-state index is 10.8. The molecular formula is C12H15ClN2O4. The highest BCUT2D eigenvalue weighted by molar-refractivity contribution is 6.33. The Bertz CT molecular complexity index is 491. The van der Waals surface area contributed by atoms with Crippen LogP contribution in [0, 0.1) is 16.0 Å². The van der Waals surface area contributed by atoms with E-state index in [2.05, 4.69) is 5.32 Å². The number of nitrogens with one attached hydrogen (secondary N) is 1. The molecule has 19 heavy (non-hydrogen) atoms. The predicted molar refractivity (Wildman–Crippen MR) is 72.6 cm³/mol. The van der Waals surface area contributed by atoms with Gasteiger partial charge in [-0.05, 0) is 12.0 Å². The molecule has 7 heteroatoms. The van der Waals surface area contributed by atoms with Crippen LogP contribution in [0.2, 0.25) is 5.02 Å². The molecule has 0 aliphatic rings. The Hall–Kier alpha value is -1.82. The summed E-state index contributed by atoms with van der Waals surface area (Å²) in [6.07, 6.45) is -0.0506. The van der Waals surface area contributed by atoms with Crippen molar-refractivity contribution in [3.05, 3.63) is 33.3 Å². The molecule has 1 aromatic rings. The molecule has 0 saturated heterocycles. The molecule has 0 heterocycles. The van der Waals surface area contributed by atoms with Gasteiger partial charge in [-0.3, -0.25) is 14.9 Å². The molecule has 1 rings (SSSR count). The number of non-ortho nitro benzene ring substituents is 1. The van der Waals surface area contributed by atoms with E-state index in [4.69, 9.17) is 16.7 Å². The van der Waals surface area contributed by atoms with Crippen LogP contribution >= 0.6 is 11.6 Å². The lowest BCUT2D eigenvalue weighted by Gasteiger charge is -2.22. The van der Waals surface area contributed by atoms with E-state index in [-0.39, 0.29) is 29.1 Å². The number of anilines is 1. The molecule has 0 aliphatic heterocycles. The van der Waals surface area contributed by atoms with Gasteiger partial charge in [-0.2, -0.15) is 0 Å². The molecular weight excluding hydrogens is 272 g/mol. The summed E-state index contributed by atoms with van der Waals surface area (Å²) in [6, 6.07) is 3.75. The molecule has 0 spiro atoms. The van der Waals surface area contributed by atoms with Crippen molar-refractivity contribution in [1.82, 2.24) is 0 Å². The van der Waals surface area contributed by atoms with Gasteiger partial charge in [0.25, 0.3) is 5.69 Å². The SMILES string of the molecule is CC(C)C(CC(=O)O)Nc1ccc([N+](=O)[O-])cc1Cl. The van der Waals surface area contributed by atoms with Crippen molar-refractivity contribution in [2.45, 2.75) is 26.3 Å². The van der Waals surface area contributed by atoms with Gasteiger partial charge in [-0.25, -0.2) is 0 Å². The monoisotopic (exact) mass is 286 g/mol. The molecule has 0 amide bonds. The second-order valence-electron chi connectivity index (χ2n) is 4.51. The molecule has 1 aromatic carbocycles. The highest BCUT2D eigenvalue weighted by Crippen LogP contribution is 2.28. The zero-order valence-electron chi connectivity index (χ0n) is 10.6. The molecule has 2 N–H and O–H groups in total. The number of halogens is 1. The zero-order valence-corrected chi connectivity index (χ0v) is 11.3. The number of carboxylic acid groups (broad SMARTS) is 1. The van der Waals surface area contributed by atoms with Gasteiger partial charge in [-0.15, -0.1) is 0 Å². The Morgan fingerprint density at radius 3 is 2.58 bits per heavy atom. The van der Waals surface area contributed by atoms with Crippen molar-refractivity contribution < 1.29 is 14.8 Å². The lowest BCUT2D eigenvalue weighted by molar-refractivity contribution is -0.384. The first-order valence-electron chi connectivity index (χ1n) is 5.73. The van der Waals surface area contributed by atoms with Gasteiger partial charge < -0.3 is 10.4 Å². The van der Waals surface area contributed by atoms with E-state index >= 15 is 0 Å². The number of hydrogen-bond acceptors (Lipinski definition) is 4. The van der Waals surface area contributed by atoms with E-state index in [1.54, 1.807) is 0 Å². The van der Waals surface area contributed by atoms with E-state index in [1.165, 1.54) is 18.2 Å². The molecule has 0 aromatic heterocycles. The van der Waals surface area contributed by atoms with E-state index < -0.39 is 10.9 Å². The number of nitro benzene ring substituents is 1. The van der Waals surface area contributed by atoms with Crippen molar-refractivity contribution >= 4 is 28.9 Å². The van der Waals surface area contributed by atoms with E-state index in [0.717, 1.165) is 0 Å². The van der Waals surface area contributed by atoms with Crippen LogP contribution < -0.4 is 5.32 Å². The minimum atomic E-state index is -0.913. The minimum Gasteiger partial charge on any atom is -0.481 e. The van der Waals surface area contributed by atoms with Gasteiger partial charge in [-0.1, -0.05) is 25.4 Å². The van der Waals surface area contributed by atoms with Crippen molar-refractivity contribution in [2.75, 3.05) is 5.32 Å². The van der Waals surface area contributed by atoms with Crippen LogP contribution in [-0.4, -0.2) is 22.0 Å². The third-order valence-electron chi connectivity index (χ3n) is 2.70. The van der Waals surface area contributed by atoms with Crippen molar-refractivity contribution in [2.24, 2.45) is 5.92 Å². The van der Waals surface area contributed by atoms with E-state index in [1.807, 2.05) is 13.8 Å². The second-order valence-corrected chi connectivity index (χ2v) is 4.92. The van der Waals surface area contributed by atoms with Crippen molar-refractivity contribution in [3.8, 4) is 0 Å². The number of nitro groups is 1. The first-order valence-corrected chi connectivity index (χ1v) is 6.11. The van der Waals surface area contributed by atoms with Gasteiger partial charge >= 0.3 is 5.97 Å². The van der Waals surface area contributed by atoms with Gasteiger partial charge in [0.1, 0.15) is 0 Å². The molecule has 0 radical (unpaired) electrons. The minimum absolute atomic E-state index is 0.0506. The molecule has 0 aliphatic carbocycles. The first kappa shape index (κ1) is 15.2. The maximum absolute atomic E-state index is 10.8. The smallest absolute Gasteiger partial charge is 0.305 e. The average molecular weight is 287 g/mol. The number of nitrogens with zero attached hydrogens (tertiary/aromatic N) is 1. The van der Waals surface area contributed by atoms with Crippen LogP contribution in [0.3, 0.4) is 0 Å². The summed E-state index contributed by atoms with van der Waals surface area (Å²) in [5.74, 6) is -0.827. The Morgan fingerprint density at radius 2 is 2.16 bits per heavy atom. The average Bonchev–Trinajstić information content (AvgIpc) is 2.29. The van der Waals surface area contributed by atoms with E-state index in [9.17, 15) is 14.9 Å². The van der Waals surface area contributed by atoms with Gasteiger partial charge in [0.15, 0.2) is 0 Å². The van der Waals surface area contributed by atoms with Gasteiger partial charge in [0.2, 0.25) is 0 Å². The quantitative estimate of drug-likeness (QED) is 0.619. The Labute approximate surface area is 115 Å². The standard InChI is InChI=1S/C12H15ClN2O4/c1-7(2)11(6-12(16)17)14-10-4-3-8(15(18)19)5-9(10)13/h3-5,7,11,14H,6H2,1-2H3,(H,16,17). The molecule has 0 bridgehead atoms. The number of carbonyl (C=O) groups is 1. The summed E-state index contributed by atoms with van der Waals surface area (Å²) < 4.78 is 0. The Morgan fingerprint density at radius 1 is 1.53 bits per heavy atom. The normalized spacial score (nSPS) is 12.2. The Kier molecular flexibility index (Phi) is 5.11. The summed E-state index contributed by atoms with van der Waals surface area (Å²) in [7, 11) is 0. The van der Waals surface area contributed by atoms with Crippen molar-refractivity contribution in [3.63, 3.8) is 0 Å². The van der Waals surface area contributed by atoms with Crippen LogP contribution in [-0.2, 0) is 4.79 Å². The number of benzene rings is 1. The molecule has 6 nitrogen and oxygen atoms in total. The van der Waals surface area contributed by atoms with Gasteiger partial charge in [0.05, 0.1) is 22.1 Å². The Balaban J connectivity index is 2.91. The van der Waals surface area contributed by atoms with Crippen LogP contribution in [0.4, 0.5) is 11.4 Å². The maximum Gasteiger partial charge on any atom is 0.305 e. The third-order valence-corrected chi connectivity index (χ3v) is 3.02. The van der Waals surface area contributed by atoms with Crippen LogP contribution in [0.5, 0.6) is 0 Å². The predicted octanol–water partition coefficient (Wildman–Crippen LogP) is 3.16. The summed E-state index contributed by atoms with van der Waals surface area (Å²) in [4.78, 5) is 20.8. The highest BCUT2D eigenvalue weighted by atomic mass is 35.5. The lowest BCUT2D eigenvalue weighted by atomic mass is 10.0. The fraction of sp³-hybridized carbons (Fsp3) is 0.417. The first-order chi connectivity index (χ1) is 8.81. The summed E-state index contributed by atoms with van der Waals surface area (Å²) >= 11 is 5.94.